The van der Waals surface area contributed by atoms with Gasteiger partial charge in [-0.25, -0.2) is 4.79 Å². The molecular weight excluding hydrogens is 370 g/mol. The number of ether oxygens (including phenoxy) is 1. The van der Waals surface area contributed by atoms with Gasteiger partial charge in [0.2, 0.25) is 11.5 Å². The van der Waals surface area contributed by atoms with Gasteiger partial charge in [-0.1, -0.05) is 36.4 Å². The third-order valence-corrected chi connectivity index (χ3v) is 7.36. The largest absolute Gasteiger partial charge is 0.441 e. The molecule has 7 heteroatoms. The molecule has 4 aliphatic heterocycles. The average molecular weight is 389 g/mol. The highest BCUT2D eigenvalue weighted by Crippen LogP contribution is 2.71. The number of nitrogens with zero attached hydrogens (tertiary/aromatic N) is 2. The van der Waals surface area contributed by atoms with Crippen molar-refractivity contribution >= 4 is 29.2 Å². The Bertz CT molecular complexity index is 1150. The van der Waals surface area contributed by atoms with Crippen LogP contribution in [0.1, 0.15) is 17.5 Å². The van der Waals surface area contributed by atoms with Crippen LogP contribution in [0.25, 0.3) is 0 Å². The van der Waals surface area contributed by atoms with E-state index in [9.17, 15) is 14.4 Å². The molecule has 0 bridgehead atoms. The molecule has 0 unspecified atom stereocenters. The van der Waals surface area contributed by atoms with Gasteiger partial charge in [0.05, 0.1) is 5.69 Å². The van der Waals surface area contributed by atoms with Crippen molar-refractivity contribution in [2.24, 2.45) is 5.41 Å². The van der Waals surface area contributed by atoms with Gasteiger partial charge in [-0.3, -0.25) is 14.5 Å². The maximum absolute atomic E-state index is 13.8. The number of likely N-dealkylation sites (N-methyl/N-ethyl adjacent to an activating group) is 2. The molecule has 2 aromatic carbocycles. The van der Waals surface area contributed by atoms with Crippen molar-refractivity contribution < 1.29 is 19.1 Å². The number of carbonyl (C=O) groups excluding carboxylic acids is 3. The second kappa shape index (κ2) is 4.86. The van der Waals surface area contributed by atoms with Crippen LogP contribution < -0.4 is 10.2 Å². The van der Waals surface area contributed by atoms with Crippen molar-refractivity contribution in [3.63, 3.8) is 0 Å². The molecule has 0 radical (unpaired) electrons. The summed E-state index contributed by atoms with van der Waals surface area (Å²) < 4.78 is 6.08. The first-order valence-electron chi connectivity index (χ1n) is 9.66. The SMILES string of the molecule is CN1C(=O)[C@]2(OC(=O)[C@@]34c5ccccc5NC(=O)[C@]32CCN4C)c2ccccc21. The Morgan fingerprint density at radius 2 is 1.66 bits per heavy atom. The molecule has 6 rings (SSSR count). The van der Waals surface area contributed by atoms with E-state index in [0.29, 0.717) is 35.5 Å². The van der Waals surface area contributed by atoms with Crippen molar-refractivity contribution in [3.05, 3.63) is 59.7 Å². The van der Waals surface area contributed by atoms with E-state index in [0.717, 1.165) is 0 Å². The number of fused-ring (bicyclic) bond motifs is 3. The van der Waals surface area contributed by atoms with Crippen LogP contribution >= 0.6 is 0 Å². The van der Waals surface area contributed by atoms with Crippen LogP contribution in [0.5, 0.6) is 0 Å². The Hall–Kier alpha value is -3.19. The molecule has 2 fully saturated rings. The van der Waals surface area contributed by atoms with E-state index >= 15 is 0 Å². The van der Waals surface area contributed by atoms with Crippen molar-refractivity contribution in [1.29, 1.82) is 0 Å². The van der Waals surface area contributed by atoms with Gasteiger partial charge in [0.25, 0.3) is 5.91 Å². The highest BCUT2D eigenvalue weighted by molar-refractivity contribution is 6.19. The van der Waals surface area contributed by atoms with Gasteiger partial charge < -0.3 is 15.0 Å². The summed E-state index contributed by atoms with van der Waals surface area (Å²) in [6, 6.07) is 14.5. The molecule has 2 amide bonds. The van der Waals surface area contributed by atoms with Gasteiger partial charge in [0, 0.05) is 30.4 Å². The number of carbonyl (C=O) groups is 3. The second-order valence-corrected chi connectivity index (χ2v) is 8.24. The van der Waals surface area contributed by atoms with Crippen LogP contribution in [0.2, 0.25) is 0 Å². The van der Waals surface area contributed by atoms with E-state index < -0.39 is 22.5 Å². The highest BCUT2D eigenvalue weighted by Gasteiger charge is 2.87. The molecular formula is C22H19N3O4. The van der Waals surface area contributed by atoms with Gasteiger partial charge in [-0.05, 0) is 25.6 Å². The zero-order valence-corrected chi connectivity index (χ0v) is 16.1. The van der Waals surface area contributed by atoms with E-state index in [1.807, 2.05) is 48.3 Å². The molecule has 7 nitrogen and oxygen atoms in total. The van der Waals surface area contributed by atoms with Gasteiger partial charge in [0.15, 0.2) is 5.54 Å². The minimum atomic E-state index is -1.68. The summed E-state index contributed by atoms with van der Waals surface area (Å²) in [4.78, 5) is 44.7. The molecule has 1 N–H and O–H groups in total. The summed E-state index contributed by atoms with van der Waals surface area (Å²) in [5, 5.41) is 2.98. The minimum absolute atomic E-state index is 0.337. The van der Waals surface area contributed by atoms with Gasteiger partial charge in [-0.2, -0.15) is 0 Å². The normalized spacial score (nSPS) is 34.6. The third kappa shape index (κ3) is 1.41. The highest BCUT2D eigenvalue weighted by atomic mass is 16.6. The zero-order valence-electron chi connectivity index (χ0n) is 16.1. The summed E-state index contributed by atoms with van der Waals surface area (Å²) in [7, 11) is 3.49. The van der Waals surface area contributed by atoms with Crippen molar-refractivity contribution in [2.75, 3.05) is 30.9 Å². The topological polar surface area (TPSA) is 79.0 Å². The molecule has 1 spiro atoms. The first-order valence-corrected chi connectivity index (χ1v) is 9.66. The average Bonchev–Trinajstić information content (AvgIpc) is 3.26. The van der Waals surface area contributed by atoms with Crippen molar-refractivity contribution in [2.45, 2.75) is 17.6 Å². The molecule has 3 atom stereocenters. The number of hydrogen-bond donors (Lipinski definition) is 1. The van der Waals surface area contributed by atoms with Crippen LogP contribution in [0, 0.1) is 5.41 Å². The van der Waals surface area contributed by atoms with E-state index in [-0.39, 0.29) is 11.8 Å². The molecule has 2 aromatic rings. The van der Waals surface area contributed by atoms with Crippen LogP contribution in [-0.2, 0) is 30.3 Å². The lowest BCUT2D eigenvalue weighted by molar-refractivity contribution is -0.166. The molecule has 0 aliphatic carbocycles. The molecule has 146 valence electrons. The molecule has 4 aliphatic rings. The maximum Gasteiger partial charge on any atom is 0.334 e. The lowest BCUT2D eigenvalue weighted by atomic mass is 9.56. The van der Waals surface area contributed by atoms with Gasteiger partial charge >= 0.3 is 5.97 Å². The summed E-state index contributed by atoms with van der Waals surface area (Å²) >= 11 is 0. The Labute approximate surface area is 167 Å². The minimum Gasteiger partial charge on any atom is -0.441 e. The number of para-hydroxylation sites is 2. The molecule has 4 heterocycles. The molecule has 0 saturated carbocycles. The Kier molecular flexibility index (Phi) is 2.80. The predicted octanol–water partition coefficient (Wildman–Crippen LogP) is 1.58. The summed E-state index contributed by atoms with van der Waals surface area (Å²) in [5.41, 5.74) is -1.91. The number of amides is 2. The fourth-order valence-electron chi connectivity index (χ4n) is 6.23. The van der Waals surface area contributed by atoms with Gasteiger partial charge in [-0.15, -0.1) is 0 Å². The number of hydrogen-bond acceptors (Lipinski definition) is 5. The number of anilines is 2. The van der Waals surface area contributed by atoms with E-state index in [4.69, 9.17) is 4.74 Å². The first-order chi connectivity index (χ1) is 13.9. The lowest BCUT2D eigenvalue weighted by Crippen LogP contribution is -2.65. The number of benzene rings is 2. The quantitative estimate of drug-likeness (QED) is 0.693. The summed E-state index contributed by atoms with van der Waals surface area (Å²) in [6.45, 7) is 0.498. The maximum atomic E-state index is 13.8. The van der Waals surface area contributed by atoms with Crippen molar-refractivity contribution in [3.8, 4) is 0 Å². The number of likely N-dealkylation sites (tertiary alicyclic amines) is 1. The standard InChI is InChI=1S/C22H19N3O4/c1-24-12-11-20-17(26)23-15-9-5-3-7-13(15)21(20,24)19(28)29-22(20)14-8-4-6-10-16(14)25(2)18(22)27/h3-10H,11-12H2,1-2H3,(H,23,26)/t20-,21+,22-/m1/s1. The van der Waals surface area contributed by atoms with Crippen LogP contribution in [0.3, 0.4) is 0 Å². The van der Waals surface area contributed by atoms with Crippen LogP contribution in [0.4, 0.5) is 11.4 Å². The van der Waals surface area contributed by atoms with Crippen LogP contribution in [-0.4, -0.2) is 43.3 Å². The molecule has 2 saturated heterocycles. The lowest BCUT2D eigenvalue weighted by Gasteiger charge is -2.47. The predicted molar refractivity (Wildman–Crippen MR) is 104 cm³/mol. The smallest absolute Gasteiger partial charge is 0.334 e. The van der Waals surface area contributed by atoms with E-state index in [1.54, 1.807) is 19.2 Å². The second-order valence-electron chi connectivity index (χ2n) is 8.24. The fourth-order valence-corrected chi connectivity index (χ4v) is 6.23. The Morgan fingerprint density at radius 1 is 0.966 bits per heavy atom. The fraction of sp³-hybridized carbons (Fsp3) is 0.318. The summed E-state index contributed by atoms with van der Waals surface area (Å²) in [6.07, 6.45) is 0.337. The zero-order chi connectivity index (χ0) is 20.2. The first kappa shape index (κ1) is 16.7. The van der Waals surface area contributed by atoms with Crippen LogP contribution in [0.15, 0.2) is 48.5 Å². The number of esters is 1. The monoisotopic (exact) mass is 389 g/mol. The van der Waals surface area contributed by atoms with E-state index in [2.05, 4.69) is 5.32 Å². The van der Waals surface area contributed by atoms with E-state index in [1.165, 1.54) is 4.90 Å². The third-order valence-electron chi connectivity index (χ3n) is 7.36. The molecule has 0 aromatic heterocycles. The number of nitrogens with one attached hydrogen (secondary N) is 1. The Balaban J connectivity index is 1.77. The molecule has 29 heavy (non-hydrogen) atoms. The Morgan fingerprint density at radius 3 is 2.45 bits per heavy atom. The summed E-state index contributed by atoms with van der Waals surface area (Å²) in [5.74, 6) is -1.26. The van der Waals surface area contributed by atoms with Crippen molar-refractivity contribution in [1.82, 2.24) is 4.90 Å². The number of rotatable bonds is 0. The van der Waals surface area contributed by atoms with Gasteiger partial charge in [0.1, 0.15) is 5.41 Å².